The highest BCUT2D eigenvalue weighted by molar-refractivity contribution is 5.40. The highest BCUT2D eigenvalue weighted by Gasteiger charge is 1.97. The van der Waals surface area contributed by atoms with E-state index in [0.29, 0.717) is 13.2 Å². The van der Waals surface area contributed by atoms with Crippen LogP contribution in [0.1, 0.15) is 16.7 Å². The third kappa shape index (κ3) is 4.17. The number of hydrogen-bond acceptors (Lipinski definition) is 2. The van der Waals surface area contributed by atoms with Crippen molar-refractivity contribution < 1.29 is 4.74 Å². The normalized spacial score (nSPS) is 9.58. The first-order chi connectivity index (χ1) is 9.28. The van der Waals surface area contributed by atoms with Crippen LogP contribution in [0.5, 0.6) is 5.75 Å². The first kappa shape index (κ1) is 13.2. The summed E-state index contributed by atoms with van der Waals surface area (Å²) in [5.74, 6) is 6.66. The van der Waals surface area contributed by atoms with Crippen molar-refractivity contribution in [1.82, 2.24) is 0 Å². The summed E-state index contributed by atoms with van der Waals surface area (Å²) in [7, 11) is 0. The molecule has 2 heteroatoms. The molecule has 0 saturated carbocycles. The fraction of sp³-hybridized carbons (Fsp3) is 0.176. The summed E-state index contributed by atoms with van der Waals surface area (Å²) in [6.07, 6.45) is 0. The van der Waals surface area contributed by atoms with E-state index in [4.69, 9.17) is 10.5 Å². The summed E-state index contributed by atoms with van der Waals surface area (Å²) < 4.78 is 5.77. The molecule has 0 fully saturated rings. The Kier molecular flexibility index (Phi) is 4.60. The molecule has 0 radical (unpaired) electrons. The van der Waals surface area contributed by atoms with Crippen molar-refractivity contribution in [1.29, 1.82) is 0 Å². The van der Waals surface area contributed by atoms with E-state index in [9.17, 15) is 0 Å². The smallest absolute Gasteiger partial charge is 0.121 e. The minimum atomic E-state index is 0.369. The van der Waals surface area contributed by atoms with Crippen molar-refractivity contribution >= 4 is 0 Å². The van der Waals surface area contributed by atoms with Gasteiger partial charge in [-0.2, -0.15) is 0 Å². The summed E-state index contributed by atoms with van der Waals surface area (Å²) in [6, 6.07) is 16.0. The second-order valence-electron chi connectivity index (χ2n) is 4.31. The first-order valence-electron chi connectivity index (χ1n) is 6.25. The Morgan fingerprint density at radius 3 is 2.74 bits per heavy atom. The molecule has 0 aliphatic carbocycles. The van der Waals surface area contributed by atoms with E-state index >= 15 is 0 Å². The fourth-order valence-electron chi connectivity index (χ4n) is 1.79. The maximum atomic E-state index is 5.77. The minimum absolute atomic E-state index is 0.369. The maximum Gasteiger partial charge on any atom is 0.121 e. The molecular formula is C17H17NO. The second-order valence-corrected chi connectivity index (χ2v) is 4.31. The van der Waals surface area contributed by atoms with Gasteiger partial charge >= 0.3 is 0 Å². The van der Waals surface area contributed by atoms with Gasteiger partial charge in [0.25, 0.3) is 0 Å². The highest BCUT2D eigenvalue weighted by atomic mass is 16.5. The average Bonchev–Trinajstić information content (AvgIpc) is 2.43. The molecule has 2 rings (SSSR count). The van der Waals surface area contributed by atoms with Crippen molar-refractivity contribution in [3.8, 4) is 17.6 Å². The van der Waals surface area contributed by atoms with Gasteiger partial charge in [0.1, 0.15) is 12.4 Å². The van der Waals surface area contributed by atoms with Crippen LogP contribution in [0, 0.1) is 18.8 Å². The van der Waals surface area contributed by atoms with E-state index in [1.807, 2.05) is 30.3 Å². The van der Waals surface area contributed by atoms with Crippen molar-refractivity contribution in [2.45, 2.75) is 13.5 Å². The Bertz CT molecular complexity index is 608. The van der Waals surface area contributed by atoms with Gasteiger partial charge in [0.15, 0.2) is 0 Å². The molecule has 19 heavy (non-hydrogen) atoms. The Balaban J connectivity index is 2.03. The lowest BCUT2D eigenvalue weighted by Gasteiger charge is -2.07. The SMILES string of the molecule is Cc1cccc(COc2cccc(C#CCN)c2)c1. The molecule has 2 aromatic carbocycles. The molecular weight excluding hydrogens is 234 g/mol. The lowest BCUT2D eigenvalue weighted by molar-refractivity contribution is 0.306. The standard InChI is InChI=1S/C17H17NO/c1-14-5-2-7-16(11-14)13-19-17-9-3-6-15(12-17)8-4-10-18/h2-3,5-7,9,11-12H,10,13,18H2,1H3. The number of aryl methyl sites for hydroxylation is 1. The lowest BCUT2D eigenvalue weighted by Crippen LogP contribution is -1.96. The van der Waals surface area contributed by atoms with Crippen LogP contribution < -0.4 is 10.5 Å². The summed E-state index contributed by atoms with van der Waals surface area (Å²) in [4.78, 5) is 0. The zero-order chi connectivity index (χ0) is 13.5. The topological polar surface area (TPSA) is 35.2 Å². The predicted octanol–water partition coefficient (Wildman–Crippen LogP) is 2.88. The van der Waals surface area contributed by atoms with Crippen molar-refractivity contribution in [3.05, 3.63) is 65.2 Å². The van der Waals surface area contributed by atoms with Crippen LogP contribution in [0.3, 0.4) is 0 Å². The quantitative estimate of drug-likeness (QED) is 0.851. The average molecular weight is 251 g/mol. The monoisotopic (exact) mass is 251 g/mol. The molecule has 0 saturated heterocycles. The van der Waals surface area contributed by atoms with Gasteiger partial charge in [-0.1, -0.05) is 47.7 Å². The van der Waals surface area contributed by atoms with E-state index in [-0.39, 0.29) is 0 Å². The molecule has 2 nitrogen and oxygen atoms in total. The molecule has 96 valence electrons. The first-order valence-corrected chi connectivity index (χ1v) is 6.25. The molecule has 0 aliphatic rings. The molecule has 2 aromatic rings. The van der Waals surface area contributed by atoms with Gasteiger partial charge in [0.2, 0.25) is 0 Å². The molecule has 0 aromatic heterocycles. The number of benzene rings is 2. The van der Waals surface area contributed by atoms with Gasteiger partial charge in [-0.3, -0.25) is 0 Å². The summed E-state index contributed by atoms with van der Waals surface area (Å²) in [5, 5.41) is 0. The predicted molar refractivity (Wildman–Crippen MR) is 77.9 cm³/mol. The Hall–Kier alpha value is -2.24. The lowest BCUT2D eigenvalue weighted by atomic mass is 10.1. The highest BCUT2D eigenvalue weighted by Crippen LogP contribution is 2.15. The van der Waals surface area contributed by atoms with Gasteiger partial charge in [-0.15, -0.1) is 0 Å². The van der Waals surface area contributed by atoms with Crippen LogP contribution in [0.15, 0.2) is 48.5 Å². The molecule has 0 atom stereocenters. The number of nitrogens with two attached hydrogens (primary N) is 1. The number of rotatable bonds is 3. The van der Waals surface area contributed by atoms with E-state index in [2.05, 4.69) is 37.0 Å². The second kappa shape index (κ2) is 6.63. The van der Waals surface area contributed by atoms with Gasteiger partial charge < -0.3 is 10.5 Å². The van der Waals surface area contributed by atoms with Crippen LogP contribution in [-0.4, -0.2) is 6.54 Å². The largest absolute Gasteiger partial charge is 0.489 e. The Morgan fingerprint density at radius 1 is 1.11 bits per heavy atom. The summed E-state index contributed by atoms with van der Waals surface area (Å²) in [6.45, 7) is 3.01. The molecule has 0 amide bonds. The maximum absolute atomic E-state index is 5.77. The molecule has 0 aliphatic heterocycles. The van der Waals surface area contributed by atoms with Crippen LogP contribution in [0.2, 0.25) is 0 Å². The van der Waals surface area contributed by atoms with E-state index in [1.54, 1.807) is 0 Å². The summed E-state index contributed by atoms with van der Waals surface area (Å²) in [5.41, 5.74) is 8.69. The number of hydrogen-bond donors (Lipinski definition) is 1. The Labute approximate surface area is 114 Å². The van der Waals surface area contributed by atoms with Crippen molar-refractivity contribution in [3.63, 3.8) is 0 Å². The molecule has 0 spiro atoms. The van der Waals surface area contributed by atoms with Crippen molar-refractivity contribution in [2.75, 3.05) is 6.54 Å². The minimum Gasteiger partial charge on any atom is -0.489 e. The van der Waals surface area contributed by atoms with Crippen LogP contribution >= 0.6 is 0 Å². The Morgan fingerprint density at radius 2 is 1.95 bits per heavy atom. The van der Waals surface area contributed by atoms with Gasteiger partial charge in [-0.25, -0.2) is 0 Å². The zero-order valence-electron chi connectivity index (χ0n) is 11.0. The van der Waals surface area contributed by atoms with E-state index in [1.165, 1.54) is 11.1 Å². The van der Waals surface area contributed by atoms with Crippen LogP contribution in [0.4, 0.5) is 0 Å². The zero-order valence-corrected chi connectivity index (χ0v) is 11.0. The van der Waals surface area contributed by atoms with Gasteiger partial charge in [-0.05, 0) is 30.7 Å². The summed E-state index contributed by atoms with van der Waals surface area (Å²) >= 11 is 0. The fourth-order valence-corrected chi connectivity index (χ4v) is 1.79. The number of ether oxygens (including phenoxy) is 1. The third-order valence-corrected chi connectivity index (χ3v) is 2.66. The van der Waals surface area contributed by atoms with Crippen LogP contribution in [0.25, 0.3) is 0 Å². The molecule has 0 bridgehead atoms. The molecule has 2 N–H and O–H groups in total. The molecule has 0 heterocycles. The molecule has 0 unspecified atom stereocenters. The van der Waals surface area contributed by atoms with Gasteiger partial charge in [0.05, 0.1) is 6.54 Å². The van der Waals surface area contributed by atoms with Crippen molar-refractivity contribution in [2.24, 2.45) is 5.73 Å². The third-order valence-electron chi connectivity index (χ3n) is 2.66. The van der Waals surface area contributed by atoms with E-state index in [0.717, 1.165) is 11.3 Å². The van der Waals surface area contributed by atoms with Crippen LogP contribution in [-0.2, 0) is 6.61 Å². The van der Waals surface area contributed by atoms with E-state index < -0.39 is 0 Å². The van der Waals surface area contributed by atoms with Gasteiger partial charge in [0, 0.05) is 5.56 Å².